The number of rotatable bonds is 4. The number of pyridine rings is 1. The van der Waals surface area contributed by atoms with Crippen LogP contribution in [0.5, 0.6) is 0 Å². The summed E-state index contributed by atoms with van der Waals surface area (Å²) in [5, 5.41) is 7.52. The molecular weight excluding hydrogens is 593 g/mol. The van der Waals surface area contributed by atoms with Crippen LogP contribution in [0, 0.1) is 0 Å². The summed E-state index contributed by atoms with van der Waals surface area (Å²) in [6.07, 6.45) is 2.17. The molecule has 0 amide bonds. The van der Waals surface area contributed by atoms with Gasteiger partial charge >= 0.3 is 0 Å². The van der Waals surface area contributed by atoms with Gasteiger partial charge in [0, 0.05) is 17.2 Å². The molecule has 10 rings (SSSR count). The molecule has 10 aromatic rings. The molecule has 0 aliphatic carbocycles. The topological polar surface area (TPSA) is 19.9 Å². The van der Waals surface area contributed by atoms with E-state index in [9.17, 15) is 0 Å². The van der Waals surface area contributed by atoms with Crippen LogP contribution in [0.25, 0.3) is 93.5 Å². The third kappa shape index (κ3) is 4.38. The minimum Gasteiger partial charge on any atom is -0.236 e. The Labute approximate surface area is 284 Å². The Morgan fingerprint density at radius 3 is 1.39 bits per heavy atom. The maximum absolute atomic E-state index is 3.84. The third-order valence-electron chi connectivity index (χ3n) is 10.1. The first-order valence-corrected chi connectivity index (χ1v) is 16.9. The predicted molar refractivity (Wildman–Crippen MR) is 206 cm³/mol. The summed E-state index contributed by atoms with van der Waals surface area (Å²) in [5.41, 5.74) is 13.2. The number of imidazole rings is 1. The number of H-pyrrole nitrogens is 1. The van der Waals surface area contributed by atoms with Crippen molar-refractivity contribution in [3.63, 3.8) is 0 Å². The van der Waals surface area contributed by atoms with Crippen LogP contribution < -0.4 is 4.40 Å². The summed E-state index contributed by atoms with van der Waals surface area (Å²) in [4.78, 5) is 3.84. The van der Waals surface area contributed by atoms with E-state index in [1.807, 2.05) is 0 Å². The molecule has 0 spiro atoms. The molecule has 0 fully saturated rings. The van der Waals surface area contributed by atoms with Gasteiger partial charge in [-0.15, -0.1) is 0 Å². The van der Waals surface area contributed by atoms with Crippen LogP contribution in [0.2, 0.25) is 0 Å². The molecule has 2 heterocycles. The Balaban J connectivity index is 1.18. The second-order valence-corrected chi connectivity index (χ2v) is 12.8. The van der Waals surface area contributed by atoms with Gasteiger partial charge in [-0.2, -0.15) is 4.40 Å². The summed E-state index contributed by atoms with van der Waals surface area (Å²) >= 11 is 0. The molecule has 0 bridgehead atoms. The van der Waals surface area contributed by atoms with Gasteiger partial charge in [0.05, 0.1) is 6.20 Å². The fraction of sp³-hybridized carbons (Fsp3) is 0. The highest BCUT2D eigenvalue weighted by molar-refractivity contribution is 6.19. The van der Waals surface area contributed by atoms with E-state index < -0.39 is 0 Å². The molecule has 2 heteroatoms. The number of fused-ring (bicyclic) bond motifs is 6. The summed E-state index contributed by atoms with van der Waals surface area (Å²) in [5.74, 6) is 0. The fourth-order valence-electron chi connectivity index (χ4n) is 7.83. The highest BCUT2D eigenvalue weighted by Crippen LogP contribution is 2.43. The van der Waals surface area contributed by atoms with Crippen LogP contribution in [0.3, 0.4) is 0 Å². The van der Waals surface area contributed by atoms with Crippen molar-refractivity contribution in [1.29, 1.82) is 0 Å². The molecular formula is C47H31N2+. The van der Waals surface area contributed by atoms with E-state index in [0.29, 0.717) is 0 Å². The van der Waals surface area contributed by atoms with Gasteiger partial charge in [0.1, 0.15) is 0 Å². The number of benzene rings is 8. The molecule has 0 aliphatic rings. The minimum absolute atomic E-state index is 1.06. The SMILES string of the molecule is c1ccc2c(-c3ccc(-c4c5ccccc5c(-c5ccc(-c6cccc7ccccc67)cc5)c5c4[nH]c4cccc[n+]45)cc3)cccc2c1. The van der Waals surface area contributed by atoms with Gasteiger partial charge in [0.25, 0.3) is 5.65 Å². The molecule has 2 nitrogen and oxygen atoms in total. The molecule has 0 atom stereocenters. The van der Waals surface area contributed by atoms with Crippen molar-refractivity contribution in [2.24, 2.45) is 0 Å². The molecule has 1 N–H and O–H groups in total. The first kappa shape index (κ1) is 27.6. The molecule has 0 saturated carbocycles. The van der Waals surface area contributed by atoms with Gasteiger partial charge in [-0.1, -0.05) is 164 Å². The highest BCUT2D eigenvalue weighted by atomic mass is 15.0. The van der Waals surface area contributed by atoms with Crippen LogP contribution in [0.15, 0.2) is 182 Å². The average molecular weight is 624 g/mol. The molecule has 0 unspecified atom stereocenters. The average Bonchev–Trinajstić information content (AvgIpc) is 3.55. The maximum atomic E-state index is 3.84. The van der Waals surface area contributed by atoms with Gasteiger partial charge in [0.15, 0.2) is 11.0 Å². The van der Waals surface area contributed by atoms with Crippen LogP contribution in [0.1, 0.15) is 0 Å². The number of hydrogen-bond acceptors (Lipinski definition) is 0. The Morgan fingerprint density at radius 2 is 0.796 bits per heavy atom. The molecule has 8 aromatic carbocycles. The molecule has 2 aromatic heterocycles. The first-order valence-electron chi connectivity index (χ1n) is 16.9. The van der Waals surface area contributed by atoms with Crippen LogP contribution in [0.4, 0.5) is 0 Å². The van der Waals surface area contributed by atoms with E-state index in [0.717, 1.165) is 11.2 Å². The van der Waals surface area contributed by atoms with Crippen molar-refractivity contribution >= 4 is 49.0 Å². The Morgan fingerprint density at radius 1 is 0.347 bits per heavy atom. The Hall–Kier alpha value is -6.51. The van der Waals surface area contributed by atoms with Crippen molar-refractivity contribution in [1.82, 2.24) is 4.98 Å². The first-order chi connectivity index (χ1) is 24.3. The van der Waals surface area contributed by atoms with E-state index in [1.54, 1.807) is 0 Å². The largest absolute Gasteiger partial charge is 0.284 e. The molecule has 49 heavy (non-hydrogen) atoms. The number of nitrogens with zero attached hydrogens (tertiary/aromatic N) is 1. The van der Waals surface area contributed by atoms with Gasteiger partial charge in [-0.3, -0.25) is 0 Å². The Kier molecular flexibility index (Phi) is 6.22. The highest BCUT2D eigenvalue weighted by Gasteiger charge is 2.25. The van der Waals surface area contributed by atoms with Crippen molar-refractivity contribution < 1.29 is 4.40 Å². The van der Waals surface area contributed by atoms with E-state index in [1.165, 1.54) is 82.3 Å². The van der Waals surface area contributed by atoms with Gasteiger partial charge in [0.2, 0.25) is 0 Å². The smallest absolute Gasteiger partial charge is 0.236 e. The summed E-state index contributed by atoms with van der Waals surface area (Å²) in [7, 11) is 0. The number of aromatic amines is 1. The van der Waals surface area contributed by atoms with Crippen LogP contribution in [-0.4, -0.2) is 4.98 Å². The zero-order chi connectivity index (χ0) is 32.3. The van der Waals surface area contributed by atoms with Crippen LogP contribution >= 0.6 is 0 Å². The molecule has 0 saturated heterocycles. The van der Waals surface area contributed by atoms with Crippen molar-refractivity contribution in [3.8, 4) is 44.5 Å². The molecule has 228 valence electrons. The van der Waals surface area contributed by atoms with E-state index >= 15 is 0 Å². The quantitative estimate of drug-likeness (QED) is 0.188. The maximum Gasteiger partial charge on any atom is 0.284 e. The molecule has 0 aliphatic heterocycles. The van der Waals surface area contributed by atoms with E-state index in [4.69, 9.17) is 0 Å². The minimum atomic E-state index is 1.06. The lowest BCUT2D eigenvalue weighted by atomic mass is 9.88. The second-order valence-electron chi connectivity index (χ2n) is 12.8. The lowest BCUT2D eigenvalue weighted by Crippen LogP contribution is -2.19. The predicted octanol–water partition coefficient (Wildman–Crippen LogP) is 12.0. The van der Waals surface area contributed by atoms with E-state index in [-0.39, 0.29) is 0 Å². The van der Waals surface area contributed by atoms with Gasteiger partial charge in [-0.25, -0.2) is 4.98 Å². The van der Waals surface area contributed by atoms with E-state index in [2.05, 4.69) is 192 Å². The lowest BCUT2D eigenvalue weighted by molar-refractivity contribution is -0.480. The molecule has 0 radical (unpaired) electrons. The van der Waals surface area contributed by atoms with Crippen molar-refractivity contribution in [2.45, 2.75) is 0 Å². The number of hydrogen-bond donors (Lipinski definition) is 1. The fourth-order valence-corrected chi connectivity index (χ4v) is 7.83. The monoisotopic (exact) mass is 623 g/mol. The summed E-state index contributed by atoms with van der Waals surface area (Å²) in [6.45, 7) is 0. The van der Waals surface area contributed by atoms with Gasteiger partial charge < -0.3 is 0 Å². The van der Waals surface area contributed by atoms with Crippen molar-refractivity contribution in [2.75, 3.05) is 0 Å². The zero-order valence-corrected chi connectivity index (χ0v) is 26.8. The normalized spacial score (nSPS) is 11.7. The summed E-state index contributed by atoms with van der Waals surface area (Å²) in [6, 6.07) is 63.8. The van der Waals surface area contributed by atoms with Gasteiger partial charge in [-0.05, 0) is 71.8 Å². The number of aromatic nitrogens is 2. The van der Waals surface area contributed by atoms with Crippen molar-refractivity contribution in [3.05, 3.63) is 182 Å². The Bertz CT molecular complexity index is 2850. The third-order valence-corrected chi connectivity index (χ3v) is 10.1. The standard InChI is InChI=1S/C47H30N2/c1-3-15-37-31(11-1)13-9-19-39(37)33-22-26-35(27-23-33)44-41-17-5-6-18-42(41)45(47-46(44)48-43-21-7-8-30-49(43)47)36-28-24-34(25-29-36)40-20-10-14-32-12-2-4-16-38(32)40/h1-30H/p+1. The zero-order valence-electron chi connectivity index (χ0n) is 26.8. The second kappa shape index (κ2) is 11.0. The van der Waals surface area contributed by atoms with Crippen LogP contribution in [-0.2, 0) is 0 Å². The number of nitrogens with one attached hydrogen (secondary N) is 1. The lowest BCUT2D eigenvalue weighted by Gasteiger charge is -2.14. The summed E-state index contributed by atoms with van der Waals surface area (Å²) < 4.78 is 2.31.